The first kappa shape index (κ1) is 43.4. The zero-order chi connectivity index (χ0) is 42.6. The number of hydrogen-bond donors (Lipinski definition) is 0. The molecule has 0 radical (unpaired) electrons. The molecule has 0 bridgehead atoms. The molecule has 0 N–H and O–H groups in total. The lowest BCUT2D eigenvalue weighted by Gasteiger charge is -2.50. The molecule has 8 fully saturated rings. The van der Waals surface area contributed by atoms with Gasteiger partial charge in [0, 0.05) is 80.4 Å². The first-order valence-electron chi connectivity index (χ1n) is 26.1. The monoisotopic (exact) mass is 854 g/mol. The highest BCUT2D eigenvalue weighted by atomic mass is 16.2. The Morgan fingerprint density at radius 2 is 1.08 bits per heavy atom. The lowest BCUT2D eigenvalue weighted by Crippen LogP contribution is -2.51. The smallest absolute Gasteiger partial charge is 0.254 e. The van der Waals surface area contributed by atoms with Crippen LogP contribution in [0.15, 0.2) is 66.9 Å². The van der Waals surface area contributed by atoms with E-state index >= 15 is 0 Å². The van der Waals surface area contributed by atoms with Gasteiger partial charge in [0.2, 0.25) is 0 Å². The number of nitrogens with zero attached hydrogens (tertiary/aromatic N) is 7. The molecule has 2 aliphatic carbocycles. The molecule has 8 nitrogen and oxygen atoms in total. The Kier molecular flexibility index (Phi) is 13.5. The predicted octanol–water partition coefficient (Wildman–Crippen LogP) is 10.5. The van der Waals surface area contributed by atoms with Crippen LogP contribution in [0.3, 0.4) is 0 Å². The molecule has 340 valence electrons. The highest BCUT2D eigenvalue weighted by Gasteiger charge is 2.41. The van der Waals surface area contributed by atoms with Crippen molar-refractivity contribution >= 4 is 17.4 Å². The van der Waals surface area contributed by atoms with Gasteiger partial charge >= 0.3 is 0 Å². The van der Waals surface area contributed by atoms with Gasteiger partial charge in [-0.05, 0) is 207 Å². The van der Waals surface area contributed by atoms with Crippen molar-refractivity contribution in [3.63, 3.8) is 0 Å². The Morgan fingerprint density at radius 1 is 0.540 bits per heavy atom. The number of aromatic nitrogens is 1. The zero-order valence-corrected chi connectivity index (χ0v) is 39.0. The minimum atomic E-state index is 0.159. The maximum Gasteiger partial charge on any atom is 0.254 e. The number of amides is 1. The van der Waals surface area contributed by atoms with Crippen LogP contribution in [-0.2, 0) is 6.54 Å². The molecular formula is C55H79N7O. The molecule has 1 atom stereocenters. The van der Waals surface area contributed by atoms with Crippen LogP contribution in [0, 0.1) is 10.8 Å². The average molecular weight is 854 g/mol. The third-order valence-corrected chi connectivity index (χ3v) is 18.1. The van der Waals surface area contributed by atoms with Gasteiger partial charge in [0.15, 0.2) is 0 Å². The van der Waals surface area contributed by atoms with Crippen LogP contribution < -0.4 is 9.80 Å². The van der Waals surface area contributed by atoms with Crippen LogP contribution in [-0.4, -0.2) is 121 Å². The molecule has 2 spiro atoms. The van der Waals surface area contributed by atoms with E-state index in [0.717, 1.165) is 73.6 Å². The van der Waals surface area contributed by atoms with Gasteiger partial charge in [0.05, 0.1) is 0 Å². The number of hydrogen-bond acceptors (Lipinski definition) is 7. The zero-order valence-electron chi connectivity index (χ0n) is 39.0. The van der Waals surface area contributed by atoms with E-state index in [4.69, 9.17) is 4.98 Å². The van der Waals surface area contributed by atoms with Gasteiger partial charge in [0.25, 0.3) is 5.91 Å². The molecule has 3 aromatic rings. The summed E-state index contributed by atoms with van der Waals surface area (Å²) >= 11 is 0. The second-order valence-electron chi connectivity index (χ2n) is 21.7. The molecule has 63 heavy (non-hydrogen) atoms. The SMILES string of the molecule is CC1CCCN1C(=O)c1ccc(-c2ccc(N3CCC4(CC3)CCN(C3CCC3)CC4)nc2)cc1.c1cc(N2CCC3(CC2)CCN(C2CCC2)CC3)ccc1CN1CCCCC1. The number of anilines is 2. The fourth-order valence-electron chi connectivity index (χ4n) is 12.8. The van der Waals surface area contributed by atoms with Gasteiger partial charge in [-0.25, -0.2) is 4.98 Å². The van der Waals surface area contributed by atoms with E-state index in [2.05, 4.69) is 80.0 Å². The molecule has 6 aliphatic heterocycles. The molecule has 7 heterocycles. The molecule has 8 aliphatic rings. The summed E-state index contributed by atoms with van der Waals surface area (Å²) in [5, 5.41) is 0. The third kappa shape index (κ3) is 10.0. The van der Waals surface area contributed by atoms with Gasteiger partial charge in [0.1, 0.15) is 5.82 Å². The van der Waals surface area contributed by atoms with Gasteiger partial charge in [-0.15, -0.1) is 0 Å². The predicted molar refractivity (Wildman–Crippen MR) is 260 cm³/mol. The second kappa shape index (κ2) is 19.6. The van der Waals surface area contributed by atoms with Gasteiger partial charge in [-0.1, -0.05) is 43.5 Å². The summed E-state index contributed by atoms with van der Waals surface area (Å²) in [5.41, 5.74) is 7.18. The lowest BCUT2D eigenvalue weighted by molar-refractivity contribution is 0.0305. The van der Waals surface area contributed by atoms with Gasteiger partial charge < -0.3 is 24.5 Å². The van der Waals surface area contributed by atoms with E-state index in [1.54, 1.807) is 0 Å². The van der Waals surface area contributed by atoms with Crippen LogP contribution in [0.5, 0.6) is 0 Å². The van der Waals surface area contributed by atoms with E-state index in [-0.39, 0.29) is 5.91 Å². The van der Waals surface area contributed by atoms with Crippen molar-refractivity contribution in [3.8, 4) is 11.1 Å². The first-order chi connectivity index (χ1) is 30.9. The highest BCUT2D eigenvalue weighted by Crippen LogP contribution is 2.45. The normalized spacial score (nSPS) is 26.0. The van der Waals surface area contributed by atoms with Crippen molar-refractivity contribution in [2.75, 3.05) is 81.8 Å². The fourth-order valence-corrected chi connectivity index (χ4v) is 12.8. The van der Waals surface area contributed by atoms with E-state index < -0.39 is 0 Å². The van der Waals surface area contributed by atoms with Gasteiger partial charge in [-0.2, -0.15) is 0 Å². The minimum Gasteiger partial charge on any atom is -0.371 e. The number of carbonyl (C=O) groups is 1. The second-order valence-corrected chi connectivity index (χ2v) is 21.7. The van der Waals surface area contributed by atoms with Crippen LogP contribution in [0.1, 0.15) is 145 Å². The Bertz CT molecular complexity index is 1900. The topological polar surface area (TPSA) is 49.4 Å². The standard InChI is InChI=1S/C30H40N4O.C25H39N3/c1-23-4-3-17-34(23)29(35)25-9-7-24(8-10-25)26-11-12-28(31-22-26)33-20-15-30(16-21-33)13-18-32(19-14-30)27-5-2-6-27;1-2-15-26(16-3-1)21-22-7-9-24(10-8-22)28-19-13-25(14-20-28)11-17-27(18-12-25)23-5-4-6-23/h7-12,22-23,27H,2-6,13-21H2,1H3;7-10,23H,1-6,11-21H2. The van der Waals surface area contributed by atoms with E-state index in [1.165, 1.54) is 173 Å². The Balaban J connectivity index is 0.000000153. The summed E-state index contributed by atoms with van der Waals surface area (Å²) in [5.74, 6) is 1.26. The largest absolute Gasteiger partial charge is 0.371 e. The van der Waals surface area contributed by atoms with Crippen molar-refractivity contribution in [2.24, 2.45) is 10.8 Å². The van der Waals surface area contributed by atoms with E-state index in [1.807, 2.05) is 23.2 Å². The maximum atomic E-state index is 12.8. The molecule has 1 amide bonds. The van der Waals surface area contributed by atoms with Crippen LogP contribution >= 0.6 is 0 Å². The van der Waals surface area contributed by atoms with Crippen molar-refractivity contribution in [1.82, 2.24) is 24.6 Å². The molecule has 11 rings (SSSR count). The third-order valence-electron chi connectivity index (χ3n) is 18.1. The molecular weight excluding hydrogens is 775 g/mol. The van der Waals surface area contributed by atoms with Crippen molar-refractivity contribution in [3.05, 3.63) is 78.0 Å². The minimum absolute atomic E-state index is 0.159. The molecule has 8 heteroatoms. The highest BCUT2D eigenvalue weighted by molar-refractivity contribution is 5.95. The van der Waals surface area contributed by atoms with Crippen molar-refractivity contribution in [1.29, 1.82) is 0 Å². The average Bonchev–Trinajstić information content (AvgIpc) is 3.74. The summed E-state index contributed by atoms with van der Waals surface area (Å²) in [6.45, 7) is 16.9. The number of carbonyl (C=O) groups excluding carboxylic acids is 1. The number of pyridine rings is 1. The number of rotatable bonds is 8. The Hall–Kier alpha value is -3.46. The summed E-state index contributed by atoms with van der Waals surface area (Å²) in [4.78, 5) is 33.0. The molecule has 1 unspecified atom stereocenters. The summed E-state index contributed by atoms with van der Waals surface area (Å²) in [6.07, 6.45) is 28.2. The lowest BCUT2D eigenvalue weighted by atomic mass is 9.70. The Labute approximate surface area is 380 Å². The summed E-state index contributed by atoms with van der Waals surface area (Å²) in [7, 11) is 0. The van der Waals surface area contributed by atoms with E-state index in [9.17, 15) is 4.79 Å². The molecule has 1 aromatic heterocycles. The fraction of sp³-hybridized carbons (Fsp3) is 0.673. The Morgan fingerprint density at radius 3 is 1.57 bits per heavy atom. The van der Waals surface area contributed by atoms with Crippen molar-refractivity contribution in [2.45, 2.75) is 154 Å². The molecule has 2 aromatic carbocycles. The molecule has 2 saturated carbocycles. The molecule has 6 saturated heterocycles. The first-order valence-corrected chi connectivity index (χ1v) is 26.1. The van der Waals surface area contributed by atoms with Crippen LogP contribution in [0.2, 0.25) is 0 Å². The quantitative estimate of drug-likeness (QED) is 0.224. The number of piperidine rings is 5. The van der Waals surface area contributed by atoms with Gasteiger partial charge in [-0.3, -0.25) is 9.69 Å². The maximum absolute atomic E-state index is 12.8. The van der Waals surface area contributed by atoms with Crippen LogP contribution in [0.25, 0.3) is 11.1 Å². The number of benzene rings is 2. The number of likely N-dealkylation sites (tertiary alicyclic amines) is 4. The summed E-state index contributed by atoms with van der Waals surface area (Å²) < 4.78 is 0. The summed E-state index contributed by atoms with van der Waals surface area (Å²) in [6, 6.07) is 24.2. The van der Waals surface area contributed by atoms with E-state index in [0.29, 0.717) is 16.9 Å². The van der Waals surface area contributed by atoms with Crippen molar-refractivity contribution < 1.29 is 4.79 Å². The van der Waals surface area contributed by atoms with Crippen LogP contribution in [0.4, 0.5) is 11.5 Å².